The van der Waals surface area contributed by atoms with Gasteiger partial charge in [-0.2, -0.15) is 0 Å². The van der Waals surface area contributed by atoms with Gasteiger partial charge in [0.2, 0.25) is 0 Å². The number of hydrogen-bond donors (Lipinski definition) is 1. The van der Waals surface area contributed by atoms with Crippen LogP contribution in [0.25, 0.3) is 0 Å². The van der Waals surface area contributed by atoms with E-state index in [4.69, 9.17) is 26.8 Å². The summed E-state index contributed by atoms with van der Waals surface area (Å²) >= 11 is 5.86. The third-order valence-electron chi connectivity index (χ3n) is 2.22. The van der Waals surface area contributed by atoms with Gasteiger partial charge in [-0.15, -0.1) is 0 Å². The normalized spacial score (nSPS) is 11.7. The smallest absolute Gasteiger partial charge is 0.182 e. The molecule has 18 heavy (non-hydrogen) atoms. The summed E-state index contributed by atoms with van der Waals surface area (Å²) in [6.45, 7) is 0.899. The molecule has 0 bridgehead atoms. The first-order valence-electron chi connectivity index (χ1n) is 5.32. The molecule has 0 saturated heterocycles. The van der Waals surface area contributed by atoms with Gasteiger partial charge in [-0.25, -0.2) is 8.42 Å². The number of anilines is 1. The number of rotatable bonds is 7. The summed E-state index contributed by atoms with van der Waals surface area (Å²) < 4.78 is 33.8. The van der Waals surface area contributed by atoms with E-state index in [1.54, 1.807) is 7.11 Å². The van der Waals surface area contributed by atoms with Gasteiger partial charge in [0, 0.05) is 12.8 Å². The van der Waals surface area contributed by atoms with Crippen LogP contribution in [0.1, 0.15) is 0 Å². The number of methoxy groups -OCH3 is 1. The van der Waals surface area contributed by atoms with Crippen molar-refractivity contribution in [2.45, 2.75) is 4.90 Å². The first-order valence-corrected chi connectivity index (χ1v) is 7.35. The first kappa shape index (κ1) is 15.2. The lowest BCUT2D eigenvalue weighted by Crippen LogP contribution is -2.14. The van der Waals surface area contributed by atoms with Crippen molar-refractivity contribution in [3.63, 3.8) is 0 Å². The minimum Gasteiger partial charge on any atom is -0.399 e. The summed E-state index contributed by atoms with van der Waals surface area (Å²) in [7, 11) is -1.90. The monoisotopic (exact) mass is 293 g/mol. The molecule has 0 saturated carbocycles. The minimum atomic E-state index is -3.45. The fourth-order valence-electron chi connectivity index (χ4n) is 1.29. The molecule has 0 aromatic heterocycles. The number of hydrogen-bond acceptors (Lipinski definition) is 5. The molecule has 0 spiro atoms. The molecule has 0 aliphatic rings. The van der Waals surface area contributed by atoms with Gasteiger partial charge >= 0.3 is 0 Å². The zero-order valence-electron chi connectivity index (χ0n) is 10.1. The van der Waals surface area contributed by atoms with Gasteiger partial charge in [-0.05, 0) is 18.2 Å². The van der Waals surface area contributed by atoms with Crippen molar-refractivity contribution in [1.29, 1.82) is 0 Å². The average molecular weight is 294 g/mol. The van der Waals surface area contributed by atoms with E-state index in [-0.39, 0.29) is 22.3 Å². The summed E-state index contributed by atoms with van der Waals surface area (Å²) in [6, 6.07) is 4.33. The summed E-state index contributed by atoms with van der Waals surface area (Å²) in [5.41, 5.74) is 5.93. The zero-order chi connectivity index (χ0) is 13.6. The van der Waals surface area contributed by atoms with Crippen LogP contribution in [0.5, 0.6) is 0 Å². The van der Waals surface area contributed by atoms with E-state index in [0.29, 0.717) is 18.9 Å². The highest BCUT2D eigenvalue weighted by atomic mass is 35.5. The SMILES string of the molecule is COCCOCCS(=O)(=O)c1ccc(N)cc1Cl. The second kappa shape index (κ2) is 6.94. The molecule has 0 radical (unpaired) electrons. The Hall–Kier alpha value is -0.820. The van der Waals surface area contributed by atoms with Gasteiger partial charge in [0.25, 0.3) is 0 Å². The van der Waals surface area contributed by atoms with Crippen LogP contribution in [0, 0.1) is 0 Å². The van der Waals surface area contributed by atoms with E-state index in [1.165, 1.54) is 18.2 Å². The lowest BCUT2D eigenvalue weighted by molar-refractivity contribution is 0.0785. The van der Waals surface area contributed by atoms with E-state index in [0.717, 1.165) is 0 Å². The van der Waals surface area contributed by atoms with Crippen molar-refractivity contribution in [3.8, 4) is 0 Å². The molecule has 5 nitrogen and oxygen atoms in total. The van der Waals surface area contributed by atoms with Gasteiger partial charge in [-0.3, -0.25) is 0 Å². The topological polar surface area (TPSA) is 78.6 Å². The highest BCUT2D eigenvalue weighted by molar-refractivity contribution is 7.91. The quantitative estimate of drug-likeness (QED) is 0.606. The molecule has 0 aliphatic carbocycles. The molecule has 1 aromatic rings. The van der Waals surface area contributed by atoms with Gasteiger partial charge in [0.15, 0.2) is 9.84 Å². The third-order valence-corrected chi connectivity index (χ3v) is 4.37. The van der Waals surface area contributed by atoms with Crippen LogP contribution in [-0.2, 0) is 19.3 Å². The molecule has 102 valence electrons. The molecule has 1 aromatic carbocycles. The largest absolute Gasteiger partial charge is 0.399 e. The van der Waals surface area contributed by atoms with E-state index in [2.05, 4.69) is 0 Å². The second-order valence-corrected chi connectivity index (χ2v) is 6.10. The van der Waals surface area contributed by atoms with Crippen molar-refractivity contribution in [3.05, 3.63) is 23.2 Å². The van der Waals surface area contributed by atoms with Gasteiger partial charge in [0.05, 0.1) is 35.5 Å². The summed E-state index contributed by atoms with van der Waals surface area (Å²) in [5, 5.41) is 0.131. The number of nitrogen functional groups attached to an aromatic ring is 1. The Balaban J connectivity index is 2.63. The summed E-state index contributed by atoms with van der Waals surface area (Å²) in [4.78, 5) is 0.0775. The number of sulfone groups is 1. The van der Waals surface area contributed by atoms with Crippen LogP contribution < -0.4 is 5.73 Å². The predicted octanol–water partition coefficient (Wildman–Crippen LogP) is 1.36. The Morgan fingerprint density at radius 1 is 1.28 bits per heavy atom. The van der Waals surface area contributed by atoms with Crippen LogP contribution >= 0.6 is 11.6 Å². The fraction of sp³-hybridized carbons (Fsp3) is 0.455. The Kier molecular flexibility index (Phi) is 5.87. The highest BCUT2D eigenvalue weighted by Gasteiger charge is 2.17. The molecule has 0 atom stereocenters. The van der Waals surface area contributed by atoms with Crippen molar-refractivity contribution >= 4 is 27.1 Å². The predicted molar refractivity (Wildman–Crippen MR) is 70.6 cm³/mol. The van der Waals surface area contributed by atoms with Gasteiger partial charge in [0.1, 0.15) is 0 Å². The van der Waals surface area contributed by atoms with E-state index in [1.807, 2.05) is 0 Å². The standard InChI is InChI=1S/C11H16ClNO4S/c1-16-4-5-17-6-7-18(14,15)11-3-2-9(13)8-10(11)12/h2-3,8H,4-7,13H2,1H3. The third kappa shape index (κ3) is 4.45. The molecule has 0 fully saturated rings. The van der Waals surface area contributed by atoms with Crippen molar-refractivity contribution in [2.24, 2.45) is 0 Å². The van der Waals surface area contributed by atoms with Crippen LogP contribution in [0.2, 0.25) is 5.02 Å². The molecular weight excluding hydrogens is 278 g/mol. The maximum atomic E-state index is 12.0. The Bertz CT molecular complexity index is 490. The van der Waals surface area contributed by atoms with Crippen molar-refractivity contribution in [1.82, 2.24) is 0 Å². The van der Waals surface area contributed by atoms with Crippen molar-refractivity contribution in [2.75, 3.05) is 38.4 Å². The maximum absolute atomic E-state index is 12.0. The van der Waals surface area contributed by atoms with Crippen LogP contribution in [0.4, 0.5) is 5.69 Å². The van der Waals surface area contributed by atoms with E-state index >= 15 is 0 Å². The number of ether oxygens (including phenoxy) is 2. The highest BCUT2D eigenvalue weighted by Crippen LogP contribution is 2.24. The maximum Gasteiger partial charge on any atom is 0.182 e. The van der Waals surface area contributed by atoms with Gasteiger partial charge < -0.3 is 15.2 Å². The number of nitrogens with two attached hydrogens (primary N) is 1. The fourth-order valence-corrected chi connectivity index (χ4v) is 3.02. The first-order chi connectivity index (χ1) is 8.47. The Labute approximate surface area is 112 Å². The van der Waals surface area contributed by atoms with Gasteiger partial charge in [-0.1, -0.05) is 11.6 Å². The molecule has 0 unspecified atom stereocenters. The summed E-state index contributed by atoms with van der Waals surface area (Å²) in [6.07, 6.45) is 0. The van der Waals surface area contributed by atoms with E-state index < -0.39 is 9.84 Å². The lowest BCUT2D eigenvalue weighted by Gasteiger charge is -2.07. The lowest BCUT2D eigenvalue weighted by atomic mass is 10.3. The number of benzene rings is 1. The molecule has 0 aliphatic heterocycles. The Morgan fingerprint density at radius 2 is 2.00 bits per heavy atom. The Morgan fingerprint density at radius 3 is 2.61 bits per heavy atom. The van der Waals surface area contributed by atoms with Crippen LogP contribution in [-0.4, -0.2) is 41.1 Å². The molecule has 1 rings (SSSR count). The number of halogens is 1. The molecule has 0 amide bonds. The molecule has 0 heterocycles. The average Bonchev–Trinajstić information content (AvgIpc) is 2.28. The van der Waals surface area contributed by atoms with Crippen molar-refractivity contribution < 1.29 is 17.9 Å². The zero-order valence-corrected chi connectivity index (χ0v) is 11.6. The minimum absolute atomic E-state index is 0.0775. The van der Waals surface area contributed by atoms with Crippen LogP contribution in [0.3, 0.4) is 0 Å². The molecule has 2 N–H and O–H groups in total. The van der Waals surface area contributed by atoms with Crippen LogP contribution in [0.15, 0.2) is 23.1 Å². The molecule has 7 heteroatoms. The van der Waals surface area contributed by atoms with E-state index in [9.17, 15) is 8.42 Å². The summed E-state index contributed by atoms with van der Waals surface area (Å²) in [5.74, 6) is -0.125. The second-order valence-electron chi connectivity index (χ2n) is 3.61. The molecular formula is C11H16ClNO4S.